The van der Waals surface area contributed by atoms with Gasteiger partial charge in [0.1, 0.15) is 0 Å². The fourth-order valence-corrected chi connectivity index (χ4v) is 4.30. The number of benzene rings is 1. The number of imidazole rings is 2. The van der Waals surface area contributed by atoms with E-state index in [4.69, 9.17) is 0 Å². The van der Waals surface area contributed by atoms with E-state index in [0.717, 1.165) is 9.13 Å². The number of aromatic nitrogens is 8. The van der Waals surface area contributed by atoms with Gasteiger partial charge in [-0.25, -0.2) is 20.4 Å². The van der Waals surface area contributed by atoms with Crippen molar-refractivity contribution in [2.45, 2.75) is 0 Å². The van der Waals surface area contributed by atoms with Crippen LogP contribution in [0.3, 0.4) is 0 Å². The van der Waals surface area contributed by atoms with Gasteiger partial charge in [-0.2, -0.15) is 20.2 Å². The van der Waals surface area contributed by atoms with Crippen LogP contribution in [-0.4, -0.2) is 49.8 Å². The van der Waals surface area contributed by atoms with Gasteiger partial charge in [0.25, 0.3) is 11.1 Å². The fraction of sp³-hybridized carbons (Fsp3) is 0.250. The largest absolute Gasteiger partial charge is 0.332 e. The molecule has 5 rings (SSSR count). The summed E-state index contributed by atoms with van der Waals surface area (Å²) in [6.07, 6.45) is 3.12. The minimum Gasteiger partial charge on any atom is -0.306 e. The molecule has 40 heavy (non-hydrogen) atoms. The summed E-state index contributed by atoms with van der Waals surface area (Å²) >= 11 is 0. The molecule has 0 aliphatic heterocycles. The van der Waals surface area contributed by atoms with E-state index in [0.29, 0.717) is 11.1 Å². The van der Waals surface area contributed by atoms with Crippen LogP contribution in [0.15, 0.2) is 53.6 Å². The first-order valence-electron chi connectivity index (χ1n) is 11.9. The van der Waals surface area contributed by atoms with Crippen molar-refractivity contribution in [1.29, 1.82) is 0 Å². The van der Waals surface area contributed by atoms with Gasteiger partial charge in [0, 0.05) is 53.4 Å². The topological polar surface area (TPSA) is 172 Å². The quantitative estimate of drug-likeness (QED) is 0.205. The van der Waals surface area contributed by atoms with E-state index in [9.17, 15) is 19.2 Å². The Bertz CT molecular complexity index is 1970. The number of rotatable bonds is 6. The maximum atomic E-state index is 12.6. The maximum Gasteiger partial charge on any atom is 0.332 e. The van der Waals surface area contributed by atoms with E-state index >= 15 is 0 Å². The Hall–Kier alpha value is -5.54. The molecule has 0 saturated carbocycles. The number of nitrogens with zero attached hydrogens (tertiary/aromatic N) is 10. The van der Waals surface area contributed by atoms with E-state index in [1.807, 2.05) is 24.3 Å². The van der Waals surface area contributed by atoms with Gasteiger partial charge in [-0.1, -0.05) is 24.3 Å². The Labute approximate surface area is 224 Å². The molecule has 1 aromatic carbocycles. The minimum absolute atomic E-state index is 0.242. The Balaban J connectivity index is 1.39. The molecule has 5 aromatic rings. The first kappa shape index (κ1) is 26.1. The average molecular weight is 547 g/mol. The zero-order valence-electron chi connectivity index (χ0n) is 22.6. The molecule has 0 aliphatic carbocycles. The molecule has 0 aliphatic rings. The highest BCUT2D eigenvalue weighted by atomic mass is 16.2. The van der Waals surface area contributed by atoms with Gasteiger partial charge in [-0.15, -0.1) is 0 Å². The van der Waals surface area contributed by atoms with Crippen molar-refractivity contribution < 1.29 is 0 Å². The smallest absolute Gasteiger partial charge is 0.306 e. The Morgan fingerprint density at radius 1 is 0.600 bits per heavy atom. The summed E-state index contributed by atoms with van der Waals surface area (Å²) in [5.41, 5.74) is 6.22. The maximum absolute atomic E-state index is 12.6. The number of anilines is 2. The summed E-state index contributed by atoms with van der Waals surface area (Å²) in [5, 5.41) is 8.51. The van der Waals surface area contributed by atoms with Crippen LogP contribution in [0.2, 0.25) is 0 Å². The molecule has 0 fully saturated rings. The lowest BCUT2D eigenvalue weighted by Crippen LogP contribution is -2.37. The van der Waals surface area contributed by atoms with Crippen molar-refractivity contribution in [2.75, 3.05) is 10.9 Å². The Morgan fingerprint density at radius 3 is 1.35 bits per heavy atom. The van der Waals surface area contributed by atoms with E-state index in [1.165, 1.54) is 32.4 Å². The standard InChI is InChI=1S/C24H26N12O4/c1-31-15-17(33(3)23(39)35(5)19(15)37)27-21(31)29-25-11-13-9-7-8-10-14(13)12-26-30-22-28-18-16(32(22)2)20(38)36(6)24(40)34(18)4/h7-12H,1-6H3,(H,27,29)(H,28,30)/b25-11-,26-12-. The highest BCUT2D eigenvalue weighted by Gasteiger charge is 2.18. The predicted octanol–water partition coefficient (Wildman–Crippen LogP) is -0.853. The molecule has 0 amide bonds. The lowest BCUT2D eigenvalue weighted by atomic mass is 10.1. The molecule has 4 aromatic heterocycles. The number of aryl methyl sites for hydroxylation is 4. The van der Waals surface area contributed by atoms with E-state index in [1.54, 1.807) is 40.6 Å². The van der Waals surface area contributed by atoms with Gasteiger partial charge in [0.15, 0.2) is 22.3 Å². The lowest BCUT2D eigenvalue weighted by Gasteiger charge is -2.04. The second-order valence-electron chi connectivity index (χ2n) is 9.11. The van der Waals surface area contributed by atoms with Gasteiger partial charge in [0.2, 0.25) is 11.9 Å². The summed E-state index contributed by atoms with van der Waals surface area (Å²) in [6.45, 7) is 0. The van der Waals surface area contributed by atoms with Gasteiger partial charge < -0.3 is 9.13 Å². The second-order valence-corrected chi connectivity index (χ2v) is 9.11. The predicted molar refractivity (Wildman–Crippen MR) is 151 cm³/mol. The molecule has 0 bridgehead atoms. The van der Waals surface area contributed by atoms with E-state index in [2.05, 4.69) is 31.0 Å². The average Bonchev–Trinajstić information content (AvgIpc) is 3.45. The lowest BCUT2D eigenvalue weighted by molar-refractivity contribution is 0.705. The SMILES string of the molecule is Cn1c(=O)c2c(nc(N/N=C\c3ccccc3/C=N\Nc3nc4c(c(=O)n(C)c(=O)n4C)n3C)n2C)n(C)c1=O. The molecule has 16 heteroatoms. The van der Waals surface area contributed by atoms with E-state index in [-0.39, 0.29) is 34.2 Å². The summed E-state index contributed by atoms with van der Waals surface area (Å²) < 4.78 is 7.71. The number of hydrogen-bond acceptors (Lipinski definition) is 10. The summed E-state index contributed by atoms with van der Waals surface area (Å²) in [5.74, 6) is 0.555. The third kappa shape index (κ3) is 4.01. The third-order valence-electron chi connectivity index (χ3n) is 6.68. The second kappa shape index (κ2) is 9.64. The summed E-state index contributed by atoms with van der Waals surface area (Å²) in [4.78, 5) is 58.3. The van der Waals surface area contributed by atoms with Gasteiger partial charge in [0.05, 0.1) is 12.4 Å². The highest BCUT2D eigenvalue weighted by molar-refractivity contribution is 5.94. The molecule has 16 nitrogen and oxygen atoms in total. The van der Waals surface area contributed by atoms with Crippen molar-refractivity contribution in [1.82, 2.24) is 37.4 Å². The molecular formula is C24H26N12O4. The normalized spacial score (nSPS) is 11.9. The van der Waals surface area contributed by atoms with Gasteiger partial charge in [-0.05, 0) is 0 Å². The van der Waals surface area contributed by atoms with Crippen LogP contribution >= 0.6 is 0 Å². The monoisotopic (exact) mass is 546 g/mol. The molecule has 206 valence electrons. The van der Waals surface area contributed by atoms with Crippen molar-refractivity contribution in [3.05, 3.63) is 77.1 Å². The Morgan fingerprint density at radius 2 is 0.975 bits per heavy atom. The van der Waals surface area contributed by atoms with Crippen LogP contribution in [-0.2, 0) is 42.3 Å². The van der Waals surface area contributed by atoms with Crippen LogP contribution < -0.4 is 33.3 Å². The fourth-order valence-electron chi connectivity index (χ4n) is 4.30. The molecule has 0 unspecified atom stereocenters. The van der Waals surface area contributed by atoms with Crippen LogP contribution in [0.5, 0.6) is 0 Å². The Kier molecular flexibility index (Phi) is 6.29. The first-order valence-corrected chi connectivity index (χ1v) is 11.9. The zero-order chi connectivity index (χ0) is 28.9. The molecule has 4 heterocycles. The number of fused-ring (bicyclic) bond motifs is 2. The van der Waals surface area contributed by atoms with Crippen molar-refractivity contribution in [3.63, 3.8) is 0 Å². The number of hydrazone groups is 2. The summed E-state index contributed by atoms with van der Waals surface area (Å²) in [6, 6.07) is 7.33. The van der Waals surface area contributed by atoms with Crippen molar-refractivity contribution in [3.8, 4) is 0 Å². The van der Waals surface area contributed by atoms with Crippen LogP contribution in [0.25, 0.3) is 22.3 Å². The minimum atomic E-state index is -0.474. The van der Waals surface area contributed by atoms with Crippen LogP contribution in [0, 0.1) is 0 Å². The number of nitrogens with one attached hydrogen (secondary N) is 2. The summed E-state index contributed by atoms with van der Waals surface area (Å²) in [7, 11) is 9.22. The van der Waals surface area contributed by atoms with E-state index < -0.39 is 22.5 Å². The van der Waals surface area contributed by atoms with Crippen molar-refractivity contribution >= 4 is 46.7 Å². The highest BCUT2D eigenvalue weighted by Crippen LogP contribution is 2.14. The third-order valence-corrected chi connectivity index (χ3v) is 6.68. The van der Waals surface area contributed by atoms with Gasteiger partial charge in [-0.3, -0.25) is 27.9 Å². The van der Waals surface area contributed by atoms with Gasteiger partial charge >= 0.3 is 11.4 Å². The molecule has 0 saturated heterocycles. The van der Waals surface area contributed by atoms with Crippen LogP contribution in [0.4, 0.5) is 11.9 Å². The zero-order valence-corrected chi connectivity index (χ0v) is 22.6. The molecule has 0 atom stereocenters. The number of hydrogen-bond donors (Lipinski definition) is 2. The molecular weight excluding hydrogens is 520 g/mol. The molecule has 2 N–H and O–H groups in total. The van der Waals surface area contributed by atoms with Crippen LogP contribution in [0.1, 0.15) is 11.1 Å². The molecule has 0 spiro atoms. The molecule has 0 radical (unpaired) electrons. The van der Waals surface area contributed by atoms with Crippen molar-refractivity contribution in [2.24, 2.45) is 52.5 Å². The first-order chi connectivity index (χ1) is 19.0.